The van der Waals surface area contributed by atoms with Gasteiger partial charge in [0, 0.05) is 11.9 Å². The fourth-order valence-corrected chi connectivity index (χ4v) is 2.65. The van der Waals surface area contributed by atoms with Gasteiger partial charge < -0.3 is 15.4 Å². The number of aryl methyl sites for hydroxylation is 1. The summed E-state index contributed by atoms with van der Waals surface area (Å²) in [7, 11) is 0. The number of hydrogen-bond acceptors (Lipinski definition) is 5. The zero-order valence-corrected chi connectivity index (χ0v) is 15.7. The van der Waals surface area contributed by atoms with Crippen molar-refractivity contribution in [1.82, 2.24) is 4.98 Å². The number of nitrogens with zero attached hydrogens (tertiary/aromatic N) is 1. The third-order valence-electron chi connectivity index (χ3n) is 3.99. The van der Waals surface area contributed by atoms with Gasteiger partial charge in [-0.05, 0) is 55.8 Å². The second-order valence-electron chi connectivity index (χ2n) is 6.15. The van der Waals surface area contributed by atoms with Crippen molar-refractivity contribution in [2.45, 2.75) is 13.8 Å². The molecule has 0 saturated carbocycles. The zero-order chi connectivity index (χ0) is 19.9. The highest BCUT2D eigenvalue weighted by Crippen LogP contribution is 2.21. The van der Waals surface area contributed by atoms with Gasteiger partial charge in [-0.15, -0.1) is 0 Å². The van der Waals surface area contributed by atoms with Gasteiger partial charge in [0.15, 0.2) is 0 Å². The third-order valence-corrected chi connectivity index (χ3v) is 3.99. The first kappa shape index (κ1) is 19.1. The fraction of sp³-hybridized carbons (Fsp3) is 0.136. The molecule has 0 radical (unpaired) electrons. The Hall–Kier alpha value is -3.67. The van der Waals surface area contributed by atoms with Crippen molar-refractivity contribution < 1.29 is 14.3 Å². The van der Waals surface area contributed by atoms with Crippen LogP contribution in [-0.4, -0.2) is 23.5 Å². The first-order valence-electron chi connectivity index (χ1n) is 8.94. The average molecular weight is 375 g/mol. The minimum Gasteiger partial charge on any atom is -0.462 e. The summed E-state index contributed by atoms with van der Waals surface area (Å²) in [5, 5.41) is 5.94. The maximum atomic E-state index is 12.4. The van der Waals surface area contributed by atoms with E-state index in [1.165, 1.54) is 6.20 Å². The topological polar surface area (TPSA) is 80.3 Å². The number of nitrogens with one attached hydrogen (secondary N) is 2. The number of rotatable bonds is 6. The number of ether oxygens (including phenoxy) is 1. The molecule has 0 saturated heterocycles. The molecule has 6 heteroatoms. The van der Waals surface area contributed by atoms with Gasteiger partial charge in [-0.25, -0.2) is 9.78 Å². The van der Waals surface area contributed by atoms with E-state index in [2.05, 4.69) is 15.6 Å². The molecule has 0 spiro atoms. The van der Waals surface area contributed by atoms with Crippen LogP contribution in [0.25, 0.3) is 0 Å². The Morgan fingerprint density at radius 1 is 1.04 bits per heavy atom. The van der Waals surface area contributed by atoms with Crippen LogP contribution in [0.3, 0.4) is 0 Å². The summed E-state index contributed by atoms with van der Waals surface area (Å²) in [6, 6.07) is 18.0. The quantitative estimate of drug-likeness (QED) is 0.617. The summed E-state index contributed by atoms with van der Waals surface area (Å²) in [6.45, 7) is 4.03. The molecule has 0 aliphatic carbocycles. The number of esters is 1. The van der Waals surface area contributed by atoms with E-state index in [1.54, 1.807) is 37.3 Å². The van der Waals surface area contributed by atoms with Gasteiger partial charge in [0.25, 0.3) is 5.91 Å². The van der Waals surface area contributed by atoms with E-state index in [0.717, 1.165) is 11.3 Å². The molecule has 28 heavy (non-hydrogen) atoms. The van der Waals surface area contributed by atoms with Crippen LogP contribution < -0.4 is 10.6 Å². The van der Waals surface area contributed by atoms with E-state index < -0.39 is 5.97 Å². The minimum absolute atomic E-state index is 0.239. The van der Waals surface area contributed by atoms with Crippen LogP contribution >= 0.6 is 0 Å². The number of carbonyl (C=O) groups excluding carboxylic acids is 2. The molecule has 0 unspecified atom stereocenters. The summed E-state index contributed by atoms with van der Waals surface area (Å²) in [5.41, 5.74) is 3.25. The summed E-state index contributed by atoms with van der Waals surface area (Å²) in [5.74, 6) is -0.125. The Morgan fingerprint density at radius 2 is 1.86 bits per heavy atom. The summed E-state index contributed by atoms with van der Waals surface area (Å²) >= 11 is 0. The van der Waals surface area contributed by atoms with Crippen molar-refractivity contribution in [3.05, 3.63) is 83.6 Å². The molecule has 0 bridgehead atoms. The lowest BCUT2D eigenvalue weighted by Crippen LogP contribution is -2.12. The predicted molar refractivity (Wildman–Crippen MR) is 109 cm³/mol. The highest BCUT2D eigenvalue weighted by molar-refractivity contribution is 6.04. The van der Waals surface area contributed by atoms with Gasteiger partial charge in [-0.3, -0.25) is 4.79 Å². The summed E-state index contributed by atoms with van der Waals surface area (Å²) in [4.78, 5) is 28.7. The molecular weight excluding hydrogens is 354 g/mol. The van der Waals surface area contributed by atoms with E-state index in [0.29, 0.717) is 29.2 Å². The molecule has 2 N–H and O–H groups in total. The van der Waals surface area contributed by atoms with Gasteiger partial charge in [0.05, 0.1) is 23.4 Å². The Labute approximate surface area is 163 Å². The third kappa shape index (κ3) is 4.73. The lowest BCUT2D eigenvalue weighted by molar-refractivity contribution is 0.0527. The van der Waals surface area contributed by atoms with Crippen molar-refractivity contribution in [2.75, 3.05) is 17.2 Å². The van der Waals surface area contributed by atoms with E-state index in [9.17, 15) is 9.59 Å². The standard InChI is InChI=1S/C22H21N3O3/c1-3-28-22(27)18-9-4-5-10-19(18)25-20-12-11-16(14-23-20)21(26)24-17-8-6-7-15(2)13-17/h4-14H,3H2,1-2H3,(H,23,25)(H,24,26). The second kappa shape index (κ2) is 8.81. The molecule has 1 aromatic heterocycles. The monoisotopic (exact) mass is 375 g/mol. The molecule has 2 aromatic carbocycles. The van der Waals surface area contributed by atoms with Crippen LogP contribution in [0.2, 0.25) is 0 Å². The first-order chi connectivity index (χ1) is 13.6. The fourth-order valence-electron chi connectivity index (χ4n) is 2.65. The van der Waals surface area contributed by atoms with Crippen LogP contribution in [0.1, 0.15) is 33.2 Å². The van der Waals surface area contributed by atoms with Gasteiger partial charge in [-0.2, -0.15) is 0 Å². The number of aromatic nitrogens is 1. The van der Waals surface area contributed by atoms with Gasteiger partial charge >= 0.3 is 5.97 Å². The summed E-state index contributed by atoms with van der Waals surface area (Å²) < 4.78 is 5.07. The highest BCUT2D eigenvalue weighted by Gasteiger charge is 2.13. The highest BCUT2D eigenvalue weighted by atomic mass is 16.5. The number of amides is 1. The summed E-state index contributed by atoms with van der Waals surface area (Å²) in [6.07, 6.45) is 1.49. The lowest BCUT2D eigenvalue weighted by Gasteiger charge is -2.11. The smallest absolute Gasteiger partial charge is 0.340 e. The normalized spacial score (nSPS) is 10.2. The Balaban J connectivity index is 1.71. The Morgan fingerprint density at radius 3 is 2.57 bits per heavy atom. The van der Waals surface area contributed by atoms with Gasteiger partial charge in [-0.1, -0.05) is 24.3 Å². The van der Waals surface area contributed by atoms with Crippen LogP contribution in [0.15, 0.2) is 66.9 Å². The molecule has 0 aliphatic heterocycles. The number of pyridine rings is 1. The predicted octanol–water partition coefficient (Wildman–Crippen LogP) is 4.56. The van der Waals surface area contributed by atoms with Crippen LogP contribution in [-0.2, 0) is 4.74 Å². The Bertz CT molecular complexity index is 984. The molecule has 3 aromatic rings. The molecule has 0 fully saturated rings. The van der Waals surface area contributed by atoms with E-state index in [1.807, 2.05) is 37.3 Å². The van der Waals surface area contributed by atoms with E-state index >= 15 is 0 Å². The number of carbonyl (C=O) groups is 2. The van der Waals surface area contributed by atoms with Crippen LogP contribution in [0.5, 0.6) is 0 Å². The van der Waals surface area contributed by atoms with Crippen molar-refractivity contribution in [3.63, 3.8) is 0 Å². The maximum absolute atomic E-state index is 12.4. The van der Waals surface area contributed by atoms with Crippen molar-refractivity contribution in [2.24, 2.45) is 0 Å². The second-order valence-corrected chi connectivity index (χ2v) is 6.15. The molecule has 0 atom stereocenters. The number of para-hydroxylation sites is 1. The molecule has 0 aliphatic rings. The number of hydrogen-bond donors (Lipinski definition) is 2. The molecule has 3 rings (SSSR count). The average Bonchev–Trinajstić information content (AvgIpc) is 2.69. The number of anilines is 3. The maximum Gasteiger partial charge on any atom is 0.340 e. The van der Waals surface area contributed by atoms with Crippen LogP contribution in [0, 0.1) is 6.92 Å². The van der Waals surface area contributed by atoms with Gasteiger partial charge in [0.2, 0.25) is 0 Å². The zero-order valence-electron chi connectivity index (χ0n) is 15.7. The molecule has 142 valence electrons. The van der Waals surface area contributed by atoms with E-state index in [4.69, 9.17) is 4.74 Å². The first-order valence-corrected chi connectivity index (χ1v) is 8.94. The lowest BCUT2D eigenvalue weighted by atomic mass is 10.1. The van der Waals surface area contributed by atoms with Crippen molar-refractivity contribution in [1.29, 1.82) is 0 Å². The molecule has 6 nitrogen and oxygen atoms in total. The Kier molecular flexibility index (Phi) is 6.01. The molecular formula is C22H21N3O3. The van der Waals surface area contributed by atoms with Gasteiger partial charge in [0.1, 0.15) is 5.82 Å². The van der Waals surface area contributed by atoms with Crippen molar-refractivity contribution >= 4 is 29.1 Å². The minimum atomic E-state index is -0.403. The number of benzene rings is 2. The largest absolute Gasteiger partial charge is 0.462 e. The molecule has 1 amide bonds. The SMILES string of the molecule is CCOC(=O)c1ccccc1Nc1ccc(C(=O)Nc2cccc(C)c2)cn1. The van der Waals surface area contributed by atoms with Crippen molar-refractivity contribution in [3.8, 4) is 0 Å². The van der Waals surface area contributed by atoms with E-state index in [-0.39, 0.29) is 5.91 Å². The molecule has 1 heterocycles. The van der Waals surface area contributed by atoms with Crippen LogP contribution in [0.4, 0.5) is 17.2 Å².